The summed E-state index contributed by atoms with van der Waals surface area (Å²) < 4.78 is 0. The smallest absolute Gasteiger partial charge is 0.337 e. The van der Waals surface area contributed by atoms with Gasteiger partial charge in [0.15, 0.2) is 6.10 Å². The molecule has 5 heteroatoms. The second kappa shape index (κ2) is 6.13. The van der Waals surface area contributed by atoms with Gasteiger partial charge in [0.05, 0.1) is 0 Å². The molecule has 0 saturated carbocycles. The highest BCUT2D eigenvalue weighted by Crippen LogP contribution is 2.23. The summed E-state index contributed by atoms with van der Waals surface area (Å²) in [5.41, 5.74) is 1.34. The molecule has 1 aromatic rings. The van der Waals surface area contributed by atoms with Crippen LogP contribution in [0.4, 0.5) is 0 Å². The molecular formula is C11H13ClO3S. The molecule has 88 valence electrons. The Balaban J connectivity index is 2.87. The zero-order valence-corrected chi connectivity index (χ0v) is 10.2. The molecule has 0 fully saturated rings. The van der Waals surface area contributed by atoms with Crippen molar-refractivity contribution in [1.29, 1.82) is 0 Å². The van der Waals surface area contributed by atoms with Gasteiger partial charge >= 0.3 is 5.97 Å². The van der Waals surface area contributed by atoms with Crippen molar-refractivity contribution in [3.05, 3.63) is 29.3 Å². The van der Waals surface area contributed by atoms with Crippen molar-refractivity contribution >= 4 is 30.2 Å². The Morgan fingerprint density at radius 1 is 1.50 bits per heavy atom. The van der Waals surface area contributed by atoms with Crippen LogP contribution < -0.4 is 0 Å². The first kappa shape index (κ1) is 13.4. The lowest BCUT2D eigenvalue weighted by molar-refractivity contribution is -0.147. The fourth-order valence-corrected chi connectivity index (χ4v) is 1.88. The lowest BCUT2D eigenvalue weighted by Crippen LogP contribution is -2.11. The molecule has 1 unspecified atom stereocenters. The van der Waals surface area contributed by atoms with Crippen LogP contribution in [0.25, 0.3) is 0 Å². The average molecular weight is 261 g/mol. The number of benzene rings is 1. The van der Waals surface area contributed by atoms with Gasteiger partial charge in [-0.15, -0.1) is 24.2 Å². The minimum Gasteiger partial charge on any atom is -0.479 e. The van der Waals surface area contributed by atoms with E-state index in [0.29, 0.717) is 16.3 Å². The van der Waals surface area contributed by atoms with Crippen LogP contribution in [0.3, 0.4) is 0 Å². The van der Waals surface area contributed by atoms with Crippen LogP contribution in [0.15, 0.2) is 23.1 Å². The van der Waals surface area contributed by atoms with E-state index in [4.69, 9.17) is 16.7 Å². The van der Waals surface area contributed by atoms with Crippen LogP contribution >= 0.6 is 24.2 Å². The zero-order valence-electron chi connectivity index (χ0n) is 8.56. The molecule has 0 amide bonds. The van der Waals surface area contributed by atoms with Crippen LogP contribution in [-0.2, 0) is 11.2 Å². The van der Waals surface area contributed by atoms with Crippen LogP contribution in [-0.4, -0.2) is 22.1 Å². The molecule has 3 nitrogen and oxygen atoms in total. The summed E-state index contributed by atoms with van der Waals surface area (Å²) in [6.45, 7) is 0. The highest BCUT2D eigenvalue weighted by Gasteiger charge is 2.18. The fraction of sp³-hybridized carbons (Fsp3) is 0.364. The number of halogens is 1. The number of hydrogen-bond acceptors (Lipinski definition) is 3. The van der Waals surface area contributed by atoms with E-state index in [1.54, 1.807) is 18.2 Å². The monoisotopic (exact) mass is 260 g/mol. The number of aliphatic carboxylic acids is 1. The maximum absolute atomic E-state index is 10.6. The number of carboxylic acids is 1. The number of thiol groups is 1. The third-order valence-electron chi connectivity index (χ3n) is 2.22. The van der Waals surface area contributed by atoms with Crippen molar-refractivity contribution in [2.24, 2.45) is 0 Å². The first-order chi connectivity index (χ1) is 7.56. The van der Waals surface area contributed by atoms with Gasteiger partial charge in [0.2, 0.25) is 0 Å². The zero-order chi connectivity index (χ0) is 12.1. The molecule has 1 rings (SSSR count). The molecule has 1 atom stereocenters. The molecule has 1 aromatic carbocycles. The van der Waals surface area contributed by atoms with Crippen molar-refractivity contribution in [3.8, 4) is 0 Å². The van der Waals surface area contributed by atoms with Gasteiger partial charge in [0.25, 0.3) is 0 Å². The van der Waals surface area contributed by atoms with Crippen molar-refractivity contribution in [2.45, 2.75) is 23.8 Å². The number of carbonyl (C=O) groups is 1. The SMILES string of the molecule is O=C(O)C(O)c1ccc(CCCCl)cc1S. The minimum absolute atomic E-state index is 0.311. The summed E-state index contributed by atoms with van der Waals surface area (Å²) in [5.74, 6) is -0.690. The van der Waals surface area contributed by atoms with Crippen LogP contribution in [0.1, 0.15) is 23.7 Å². The summed E-state index contributed by atoms with van der Waals surface area (Å²) >= 11 is 9.74. The molecule has 0 aromatic heterocycles. The molecular weight excluding hydrogens is 248 g/mol. The number of aliphatic hydroxyl groups is 1. The second-order valence-corrected chi connectivity index (χ2v) is 4.29. The largest absolute Gasteiger partial charge is 0.479 e. The first-order valence-electron chi connectivity index (χ1n) is 4.85. The number of alkyl halides is 1. The Bertz CT molecular complexity index is 381. The Morgan fingerprint density at radius 2 is 2.19 bits per heavy atom. The van der Waals surface area contributed by atoms with Gasteiger partial charge < -0.3 is 10.2 Å². The maximum Gasteiger partial charge on any atom is 0.337 e. The summed E-state index contributed by atoms with van der Waals surface area (Å²) in [5, 5.41) is 18.0. The van der Waals surface area contributed by atoms with E-state index < -0.39 is 12.1 Å². The van der Waals surface area contributed by atoms with Crippen LogP contribution in [0.5, 0.6) is 0 Å². The summed E-state index contributed by atoms with van der Waals surface area (Å²) in [6, 6.07) is 5.13. The molecule has 16 heavy (non-hydrogen) atoms. The number of carboxylic acid groups (broad SMARTS) is 1. The van der Waals surface area contributed by atoms with Gasteiger partial charge in [-0.2, -0.15) is 0 Å². The third kappa shape index (κ3) is 3.40. The Hall–Kier alpha value is -0.710. The van der Waals surface area contributed by atoms with E-state index in [1.165, 1.54) is 0 Å². The van der Waals surface area contributed by atoms with E-state index in [-0.39, 0.29) is 0 Å². The van der Waals surface area contributed by atoms with Crippen molar-refractivity contribution < 1.29 is 15.0 Å². The quantitative estimate of drug-likeness (QED) is 0.562. The maximum atomic E-state index is 10.6. The molecule has 0 aliphatic carbocycles. The first-order valence-corrected chi connectivity index (χ1v) is 5.83. The molecule has 0 aliphatic rings. The topological polar surface area (TPSA) is 57.5 Å². The number of aliphatic hydroxyl groups excluding tert-OH is 1. The summed E-state index contributed by atoms with van der Waals surface area (Å²) in [4.78, 5) is 11.1. The van der Waals surface area contributed by atoms with E-state index in [1.807, 2.05) is 0 Å². The number of hydrogen-bond donors (Lipinski definition) is 3. The van der Waals surface area contributed by atoms with Crippen molar-refractivity contribution in [3.63, 3.8) is 0 Å². The van der Waals surface area contributed by atoms with E-state index in [0.717, 1.165) is 18.4 Å². The van der Waals surface area contributed by atoms with Crippen LogP contribution in [0, 0.1) is 0 Å². The standard InChI is InChI=1S/C11H13ClO3S/c12-5-1-2-7-3-4-8(9(16)6-7)10(13)11(14)15/h3-4,6,10,13,16H,1-2,5H2,(H,14,15). The molecule has 0 heterocycles. The van der Waals surface area contributed by atoms with Gasteiger partial charge in [0.1, 0.15) is 0 Å². The minimum atomic E-state index is -1.52. The van der Waals surface area contributed by atoms with Gasteiger partial charge in [-0.05, 0) is 24.5 Å². The van der Waals surface area contributed by atoms with Crippen LogP contribution in [0.2, 0.25) is 0 Å². The van der Waals surface area contributed by atoms with Gasteiger partial charge in [-0.3, -0.25) is 0 Å². The van der Waals surface area contributed by atoms with E-state index in [9.17, 15) is 9.90 Å². The number of aryl methyl sites for hydroxylation is 1. The molecule has 0 saturated heterocycles. The Labute approximate surface area is 104 Å². The van der Waals surface area contributed by atoms with Gasteiger partial charge in [0, 0.05) is 16.3 Å². The fourth-order valence-electron chi connectivity index (χ4n) is 1.38. The third-order valence-corrected chi connectivity index (χ3v) is 2.88. The molecule has 0 aliphatic heterocycles. The predicted molar refractivity (Wildman–Crippen MR) is 65.3 cm³/mol. The molecule has 0 radical (unpaired) electrons. The predicted octanol–water partition coefficient (Wildman–Crippen LogP) is 2.26. The van der Waals surface area contributed by atoms with Gasteiger partial charge in [-0.25, -0.2) is 4.79 Å². The normalized spacial score (nSPS) is 12.4. The number of rotatable bonds is 5. The second-order valence-electron chi connectivity index (χ2n) is 3.43. The van der Waals surface area contributed by atoms with Crippen molar-refractivity contribution in [1.82, 2.24) is 0 Å². The molecule has 0 bridgehead atoms. The Kier molecular flexibility index (Phi) is 5.12. The lowest BCUT2D eigenvalue weighted by Gasteiger charge is -2.10. The highest BCUT2D eigenvalue weighted by atomic mass is 35.5. The average Bonchev–Trinajstić information content (AvgIpc) is 2.25. The van der Waals surface area contributed by atoms with E-state index >= 15 is 0 Å². The highest BCUT2D eigenvalue weighted by molar-refractivity contribution is 7.80. The molecule has 2 N–H and O–H groups in total. The Morgan fingerprint density at radius 3 is 2.69 bits per heavy atom. The van der Waals surface area contributed by atoms with Crippen molar-refractivity contribution in [2.75, 3.05) is 5.88 Å². The summed E-state index contributed by atoms with van der Waals surface area (Å²) in [6.07, 6.45) is 0.158. The molecule has 0 spiro atoms. The summed E-state index contributed by atoms with van der Waals surface area (Å²) in [7, 11) is 0. The lowest BCUT2D eigenvalue weighted by atomic mass is 10.0. The van der Waals surface area contributed by atoms with Gasteiger partial charge in [-0.1, -0.05) is 12.1 Å². The van der Waals surface area contributed by atoms with E-state index in [2.05, 4.69) is 12.6 Å².